The van der Waals surface area contributed by atoms with Gasteiger partial charge in [0.2, 0.25) is 0 Å². The van der Waals surface area contributed by atoms with Gasteiger partial charge in [-0.15, -0.1) is 11.8 Å². The molecule has 0 heterocycles. The first-order valence-electron chi connectivity index (χ1n) is 4.96. The van der Waals surface area contributed by atoms with Gasteiger partial charge in [0.15, 0.2) is 0 Å². The van der Waals surface area contributed by atoms with Gasteiger partial charge < -0.3 is 9.84 Å². The summed E-state index contributed by atoms with van der Waals surface area (Å²) in [6.07, 6.45) is 1.07. The third-order valence-corrected chi connectivity index (χ3v) is 2.89. The summed E-state index contributed by atoms with van der Waals surface area (Å²) in [5.41, 5.74) is 0. The molecule has 1 unspecified atom stereocenters. The van der Waals surface area contributed by atoms with Crippen LogP contribution >= 0.6 is 11.8 Å². The molecular formula is C10H20O3S. The number of aliphatic carboxylic acids is 1. The number of rotatable bonds is 8. The van der Waals surface area contributed by atoms with Crippen molar-refractivity contribution >= 4 is 17.7 Å². The van der Waals surface area contributed by atoms with E-state index in [9.17, 15) is 4.79 Å². The van der Waals surface area contributed by atoms with Crippen LogP contribution in [-0.4, -0.2) is 35.3 Å². The van der Waals surface area contributed by atoms with Crippen molar-refractivity contribution in [1.82, 2.24) is 0 Å². The van der Waals surface area contributed by atoms with E-state index in [0.29, 0.717) is 12.5 Å². The Morgan fingerprint density at radius 3 is 2.50 bits per heavy atom. The zero-order valence-electron chi connectivity index (χ0n) is 9.16. The van der Waals surface area contributed by atoms with Crippen molar-refractivity contribution in [3.8, 4) is 0 Å². The lowest BCUT2D eigenvalue weighted by atomic mass is 10.1. The van der Waals surface area contributed by atoms with Crippen LogP contribution in [0.1, 0.15) is 27.2 Å². The molecule has 0 aromatic rings. The fourth-order valence-corrected chi connectivity index (χ4v) is 1.49. The maximum atomic E-state index is 10.4. The largest absolute Gasteiger partial charge is 0.480 e. The molecule has 0 aliphatic heterocycles. The minimum atomic E-state index is -0.753. The maximum absolute atomic E-state index is 10.4. The third kappa shape index (κ3) is 8.38. The highest BCUT2D eigenvalue weighted by molar-refractivity contribution is 8.00. The number of hydrogen-bond acceptors (Lipinski definition) is 3. The normalized spacial score (nSPS) is 13.1. The van der Waals surface area contributed by atoms with Gasteiger partial charge in [-0.25, -0.2) is 0 Å². The van der Waals surface area contributed by atoms with Gasteiger partial charge in [-0.2, -0.15) is 0 Å². The van der Waals surface area contributed by atoms with Gasteiger partial charge in [0, 0.05) is 12.4 Å². The topological polar surface area (TPSA) is 46.5 Å². The Balaban J connectivity index is 3.17. The Morgan fingerprint density at radius 2 is 2.00 bits per heavy atom. The Bertz CT molecular complexity index is 159. The van der Waals surface area contributed by atoms with E-state index in [4.69, 9.17) is 9.84 Å². The van der Waals surface area contributed by atoms with Crippen LogP contribution in [0.25, 0.3) is 0 Å². The Morgan fingerprint density at radius 1 is 1.36 bits per heavy atom. The quantitative estimate of drug-likeness (QED) is 0.637. The van der Waals surface area contributed by atoms with E-state index in [1.807, 2.05) is 0 Å². The summed E-state index contributed by atoms with van der Waals surface area (Å²) in [6.45, 7) is 7.44. The van der Waals surface area contributed by atoms with Crippen molar-refractivity contribution in [3.05, 3.63) is 0 Å². The minimum Gasteiger partial charge on any atom is -0.480 e. The first-order chi connectivity index (χ1) is 6.54. The Hall–Kier alpha value is -0.220. The van der Waals surface area contributed by atoms with Crippen LogP contribution in [0.3, 0.4) is 0 Å². The molecule has 4 heteroatoms. The number of hydrogen-bond donors (Lipinski definition) is 1. The van der Waals surface area contributed by atoms with Crippen molar-refractivity contribution in [3.63, 3.8) is 0 Å². The summed E-state index contributed by atoms with van der Waals surface area (Å²) in [5.74, 6) is 0.670. The summed E-state index contributed by atoms with van der Waals surface area (Å²) in [6, 6.07) is 0. The average Bonchev–Trinajstić information content (AvgIpc) is 2.09. The lowest BCUT2D eigenvalue weighted by Crippen LogP contribution is -2.13. The smallest absolute Gasteiger partial charge is 0.316 e. The molecule has 0 aliphatic rings. The second kappa shape index (κ2) is 8.12. The molecule has 0 fully saturated rings. The molecule has 1 N–H and O–H groups in total. The molecule has 0 aliphatic carbocycles. The van der Waals surface area contributed by atoms with Crippen LogP contribution in [0.15, 0.2) is 0 Å². The van der Waals surface area contributed by atoms with Crippen molar-refractivity contribution in [1.29, 1.82) is 0 Å². The van der Waals surface area contributed by atoms with Crippen molar-refractivity contribution in [2.24, 2.45) is 5.92 Å². The van der Waals surface area contributed by atoms with Crippen LogP contribution in [0.4, 0.5) is 0 Å². The number of thioether (sulfide) groups is 1. The van der Waals surface area contributed by atoms with Crippen LogP contribution in [0.5, 0.6) is 0 Å². The molecule has 0 saturated carbocycles. The average molecular weight is 220 g/mol. The van der Waals surface area contributed by atoms with Crippen molar-refractivity contribution < 1.29 is 14.6 Å². The summed E-state index contributed by atoms with van der Waals surface area (Å²) >= 11 is 1.42. The van der Waals surface area contributed by atoms with Crippen molar-refractivity contribution in [2.75, 3.05) is 19.0 Å². The number of carbonyl (C=O) groups is 1. The molecule has 1 atom stereocenters. The minimum absolute atomic E-state index is 0.330. The van der Waals surface area contributed by atoms with E-state index < -0.39 is 5.97 Å². The van der Waals surface area contributed by atoms with E-state index in [0.717, 1.165) is 18.8 Å². The standard InChI is InChI=1S/C10H20O3S/c1-8(2)4-5-13-6-7-14-9(3)10(11)12/h8-9H,4-7H2,1-3H3,(H,11,12). The molecule has 0 aromatic carbocycles. The predicted molar refractivity (Wildman–Crippen MR) is 59.8 cm³/mol. The van der Waals surface area contributed by atoms with Gasteiger partial charge in [0.1, 0.15) is 0 Å². The monoisotopic (exact) mass is 220 g/mol. The number of carboxylic acid groups (broad SMARTS) is 1. The summed E-state index contributed by atoms with van der Waals surface area (Å²) < 4.78 is 5.36. The summed E-state index contributed by atoms with van der Waals surface area (Å²) in [7, 11) is 0. The van der Waals surface area contributed by atoms with Crippen LogP contribution in [0, 0.1) is 5.92 Å². The second-order valence-corrected chi connectivity index (χ2v) is 5.09. The van der Waals surface area contributed by atoms with Gasteiger partial charge in [-0.05, 0) is 19.3 Å². The SMILES string of the molecule is CC(C)CCOCCSC(C)C(=O)O. The van der Waals surface area contributed by atoms with Crippen LogP contribution in [-0.2, 0) is 9.53 Å². The molecular weight excluding hydrogens is 200 g/mol. The molecule has 0 radical (unpaired) electrons. The number of carboxylic acids is 1. The third-order valence-electron chi connectivity index (χ3n) is 1.78. The second-order valence-electron chi connectivity index (χ2n) is 3.65. The molecule has 0 aromatic heterocycles. The number of ether oxygens (including phenoxy) is 1. The van der Waals surface area contributed by atoms with Gasteiger partial charge >= 0.3 is 5.97 Å². The lowest BCUT2D eigenvalue weighted by Gasteiger charge is -2.07. The molecule has 0 bridgehead atoms. The fourth-order valence-electron chi connectivity index (χ4n) is 0.776. The van der Waals surface area contributed by atoms with Gasteiger partial charge in [0.05, 0.1) is 11.9 Å². The van der Waals surface area contributed by atoms with E-state index in [2.05, 4.69) is 13.8 Å². The van der Waals surface area contributed by atoms with Crippen LogP contribution < -0.4 is 0 Å². The maximum Gasteiger partial charge on any atom is 0.316 e. The van der Waals surface area contributed by atoms with E-state index in [1.165, 1.54) is 11.8 Å². The predicted octanol–water partition coefficient (Wildman–Crippen LogP) is 2.26. The summed E-state index contributed by atoms with van der Waals surface area (Å²) in [4.78, 5) is 10.4. The lowest BCUT2D eigenvalue weighted by molar-refractivity contribution is -0.136. The highest BCUT2D eigenvalue weighted by atomic mass is 32.2. The first kappa shape index (κ1) is 13.8. The fraction of sp³-hybridized carbons (Fsp3) is 0.900. The Kier molecular flexibility index (Phi) is 7.99. The Labute approximate surface area is 90.2 Å². The van der Waals surface area contributed by atoms with Crippen LogP contribution in [0.2, 0.25) is 0 Å². The van der Waals surface area contributed by atoms with Gasteiger partial charge in [-0.1, -0.05) is 13.8 Å². The van der Waals surface area contributed by atoms with Crippen molar-refractivity contribution in [2.45, 2.75) is 32.4 Å². The van der Waals surface area contributed by atoms with Gasteiger partial charge in [0.25, 0.3) is 0 Å². The molecule has 0 spiro atoms. The zero-order chi connectivity index (χ0) is 11.0. The van der Waals surface area contributed by atoms with E-state index in [-0.39, 0.29) is 5.25 Å². The van der Waals surface area contributed by atoms with E-state index in [1.54, 1.807) is 6.92 Å². The van der Waals surface area contributed by atoms with Gasteiger partial charge in [-0.3, -0.25) is 4.79 Å². The summed E-state index contributed by atoms with van der Waals surface area (Å²) in [5, 5.41) is 8.27. The molecule has 3 nitrogen and oxygen atoms in total. The highest BCUT2D eigenvalue weighted by Gasteiger charge is 2.09. The molecule has 14 heavy (non-hydrogen) atoms. The molecule has 0 saturated heterocycles. The molecule has 0 rings (SSSR count). The first-order valence-corrected chi connectivity index (χ1v) is 6.01. The highest BCUT2D eigenvalue weighted by Crippen LogP contribution is 2.09. The molecule has 0 amide bonds. The molecule has 84 valence electrons. The van der Waals surface area contributed by atoms with E-state index >= 15 is 0 Å². The zero-order valence-corrected chi connectivity index (χ0v) is 9.97.